The third-order valence-corrected chi connectivity index (χ3v) is 17.9. The second kappa shape index (κ2) is 73.5. The van der Waals surface area contributed by atoms with Crippen LogP contribution in [0.25, 0.3) is 0 Å². The lowest BCUT2D eigenvalue weighted by atomic mass is 10.0. The number of hydrogen-bond acceptors (Lipinski definition) is 5. The summed E-state index contributed by atoms with van der Waals surface area (Å²) in [5.74, 6) is -0.0438. The normalized spacial score (nSPS) is 12.7. The molecule has 3 N–H and O–H groups in total. The summed E-state index contributed by atoms with van der Waals surface area (Å²) in [6, 6.07) is -0.627. The van der Waals surface area contributed by atoms with E-state index in [1.165, 1.54) is 353 Å². The zero-order valence-corrected chi connectivity index (χ0v) is 56.9. The number of carbonyl (C=O) groups excluding carboxylic acids is 2. The van der Waals surface area contributed by atoms with E-state index in [1.807, 2.05) is 6.08 Å². The summed E-state index contributed by atoms with van der Waals surface area (Å²) >= 11 is 0. The van der Waals surface area contributed by atoms with Crippen molar-refractivity contribution in [3.8, 4) is 0 Å². The molecular weight excluding hydrogens is 1030 g/mol. The smallest absolute Gasteiger partial charge is 0.305 e. The standard InChI is InChI=1S/C78H149NO5/c1-3-5-7-9-11-13-15-17-18-19-20-38-41-44-47-50-54-58-62-66-70-76(81)75(74-80)79-77(82)71-67-63-59-55-51-48-45-42-39-36-34-32-30-28-26-24-22-21-23-25-27-29-31-33-35-37-40-43-46-49-53-57-61-65-69-73-84-78(83)72-68-64-60-56-52-16-14-12-10-8-6-4-2/h23,25,29,31,66,70,75-76,80-81H,3-22,24,26-28,30,32-65,67-69,71-74H2,1-2H3,(H,79,82)/b25-23-,31-29-,70-66+. The molecule has 0 aromatic carbocycles. The number of aliphatic hydroxyl groups is 2. The highest BCUT2D eigenvalue weighted by Crippen LogP contribution is 2.19. The molecule has 2 atom stereocenters. The summed E-state index contributed by atoms with van der Waals surface area (Å²) < 4.78 is 5.48. The summed E-state index contributed by atoms with van der Waals surface area (Å²) in [5.41, 5.74) is 0. The Kier molecular flexibility index (Phi) is 71.9. The van der Waals surface area contributed by atoms with Gasteiger partial charge in [-0.25, -0.2) is 0 Å². The summed E-state index contributed by atoms with van der Waals surface area (Å²) in [6.45, 7) is 4.94. The third kappa shape index (κ3) is 69.2. The third-order valence-electron chi connectivity index (χ3n) is 17.9. The first kappa shape index (κ1) is 82.1. The zero-order valence-electron chi connectivity index (χ0n) is 56.9. The van der Waals surface area contributed by atoms with Gasteiger partial charge in [0.25, 0.3) is 0 Å². The first-order valence-corrected chi connectivity index (χ1v) is 38.3. The minimum Gasteiger partial charge on any atom is -0.466 e. The topological polar surface area (TPSA) is 95.9 Å². The molecular formula is C78H149NO5. The van der Waals surface area contributed by atoms with Crippen LogP contribution < -0.4 is 5.32 Å². The quantitative estimate of drug-likeness (QED) is 0.0320. The summed E-state index contributed by atoms with van der Waals surface area (Å²) in [4.78, 5) is 24.6. The van der Waals surface area contributed by atoms with Crippen molar-refractivity contribution < 1.29 is 24.5 Å². The fourth-order valence-electron chi connectivity index (χ4n) is 12.1. The molecule has 0 aliphatic rings. The number of unbranched alkanes of at least 4 members (excludes halogenated alkanes) is 57. The maximum atomic E-state index is 12.5. The molecule has 84 heavy (non-hydrogen) atoms. The lowest BCUT2D eigenvalue weighted by Gasteiger charge is -2.20. The van der Waals surface area contributed by atoms with E-state index in [2.05, 4.69) is 43.5 Å². The van der Waals surface area contributed by atoms with E-state index in [1.54, 1.807) is 6.08 Å². The average molecular weight is 1180 g/mol. The van der Waals surface area contributed by atoms with E-state index in [9.17, 15) is 19.8 Å². The van der Waals surface area contributed by atoms with Gasteiger partial charge < -0.3 is 20.3 Å². The Hall–Kier alpha value is -1.92. The van der Waals surface area contributed by atoms with Gasteiger partial charge in [0.15, 0.2) is 0 Å². The molecule has 0 heterocycles. The van der Waals surface area contributed by atoms with Crippen LogP contribution in [0.5, 0.6) is 0 Å². The van der Waals surface area contributed by atoms with Crippen molar-refractivity contribution >= 4 is 11.9 Å². The van der Waals surface area contributed by atoms with E-state index in [4.69, 9.17) is 4.74 Å². The number of allylic oxidation sites excluding steroid dienone is 5. The first-order valence-electron chi connectivity index (χ1n) is 38.3. The molecule has 0 aliphatic heterocycles. The maximum Gasteiger partial charge on any atom is 0.305 e. The number of hydrogen-bond donors (Lipinski definition) is 3. The molecule has 6 heteroatoms. The Morgan fingerprint density at radius 2 is 0.595 bits per heavy atom. The second-order valence-electron chi connectivity index (χ2n) is 26.3. The Morgan fingerprint density at radius 1 is 0.333 bits per heavy atom. The predicted molar refractivity (Wildman–Crippen MR) is 370 cm³/mol. The van der Waals surface area contributed by atoms with Crippen molar-refractivity contribution in [1.82, 2.24) is 5.32 Å². The molecule has 1 amide bonds. The molecule has 0 fully saturated rings. The Morgan fingerprint density at radius 3 is 0.905 bits per heavy atom. The number of aliphatic hydroxyl groups excluding tert-OH is 2. The number of carbonyl (C=O) groups is 2. The van der Waals surface area contributed by atoms with Crippen molar-refractivity contribution in [3.05, 3.63) is 36.5 Å². The van der Waals surface area contributed by atoms with E-state index in [0.29, 0.717) is 19.4 Å². The minimum absolute atomic E-state index is 0.0178. The van der Waals surface area contributed by atoms with Gasteiger partial charge in [-0.15, -0.1) is 0 Å². The molecule has 0 bridgehead atoms. The number of esters is 1. The molecule has 496 valence electrons. The number of nitrogens with one attached hydrogen (secondary N) is 1. The van der Waals surface area contributed by atoms with Crippen LogP contribution in [0, 0.1) is 0 Å². The Labute approximate surface area is 525 Å². The summed E-state index contributed by atoms with van der Waals surface area (Å²) in [7, 11) is 0. The highest BCUT2D eigenvalue weighted by Gasteiger charge is 2.18. The van der Waals surface area contributed by atoms with Crippen LogP contribution in [0.15, 0.2) is 36.5 Å². The van der Waals surface area contributed by atoms with Crippen molar-refractivity contribution in [1.29, 1.82) is 0 Å². The molecule has 0 spiro atoms. The van der Waals surface area contributed by atoms with Crippen molar-refractivity contribution in [2.45, 2.75) is 437 Å². The van der Waals surface area contributed by atoms with Crippen LogP contribution in [0.4, 0.5) is 0 Å². The van der Waals surface area contributed by atoms with Gasteiger partial charge in [-0.2, -0.15) is 0 Å². The molecule has 0 saturated carbocycles. The molecule has 6 nitrogen and oxygen atoms in total. The second-order valence-corrected chi connectivity index (χ2v) is 26.3. The van der Waals surface area contributed by atoms with Gasteiger partial charge in [-0.05, 0) is 64.2 Å². The maximum absolute atomic E-state index is 12.5. The molecule has 0 aromatic heterocycles. The van der Waals surface area contributed by atoms with Crippen LogP contribution in [0.2, 0.25) is 0 Å². The Bertz CT molecular complexity index is 1360. The minimum atomic E-state index is -0.844. The molecule has 0 aromatic rings. The zero-order chi connectivity index (χ0) is 60.6. The van der Waals surface area contributed by atoms with E-state index >= 15 is 0 Å². The van der Waals surface area contributed by atoms with E-state index in [0.717, 1.165) is 44.9 Å². The molecule has 0 rings (SSSR count). The van der Waals surface area contributed by atoms with Gasteiger partial charge in [-0.1, -0.05) is 384 Å². The van der Waals surface area contributed by atoms with E-state index < -0.39 is 12.1 Å². The van der Waals surface area contributed by atoms with Gasteiger partial charge in [0.05, 0.1) is 25.4 Å². The van der Waals surface area contributed by atoms with Crippen LogP contribution in [0.3, 0.4) is 0 Å². The molecule has 0 aliphatic carbocycles. The van der Waals surface area contributed by atoms with Crippen LogP contribution in [-0.4, -0.2) is 47.4 Å². The molecule has 0 saturated heterocycles. The van der Waals surface area contributed by atoms with E-state index in [-0.39, 0.29) is 18.5 Å². The lowest BCUT2D eigenvalue weighted by Crippen LogP contribution is -2.45. The monoisotopic (exact) mass is 1180 g/mol. The van der Waals surface area contributed by atoms with Crippen molar-refractivity contribution in [2.75, 3.05) is 13.2 Å². The predicted octanol–water partition coefficient (Wildman–Crippen LogP) is 25.0. The SMILES string of the molecule is CCCCCCCCCCCCCCCCCCCC/C=C/C(O)C(CO)NC(=O)CCCCCCCCCCCCCCCCCCC/C=C\C/C=C\CCCCCCCCCCCCCOC(=O)CCCCCCCCCCCCCC. The fraction of sp³-hybridized carbons (Fsp3) is 0.897. The number of rotatable bonds is 72. The Balaban J connectivity index is 3.39. The van der Waals surface area contributed by atoms with Gasteiger partial charge >= 0.3 is 5.97 Å². The van der Waals surface area contributed by atoms with Gasteiger partial charge in [0, 0.05) is 12.8 Å². The highest BCUT2D eigenvalue weighted by atomic mass is 16.5. The van der Waals surface area contributed by atoms with Gasteiger partial charge in [0.2, 0.25) is 5.91 Å². The van der Waals surface area contributed by atoms with Gasteiger partial charge in [-0.3, -0.25) is 9.59 Å². The summed E-state index contributed by atoms with van der Waals surface area (Å²) in [6.07, 6.45) is 95.4. The van der Waals surface area contributed by atoms with Crippen molar-refractivity contribution in [2.24, 2.45) is 0 Å². The molecule has 2 unspecified atom stereocenters. The fourth-order valence-corrected chi connectivity index (χ4v) is 12.1. The van der Waals surface area contributed by atoms with Crippen LogP contribution >= 0.6 is 0 Å². The highest BCUT2D eigenvalue weighted by molar-refractivity contribution is 5.76. The lowest BCUT2D eigenvalue weighted by molar-refractivity contribution is -0.143. The van der Waals surface area contributed by atoms with Gasteiger partial charge in [0.1, 0.15) is 0 Å². The molecule has 0 radical (unpaired) electrons. The number of ether oxygens (including phenoxy) is 1. The average Bonchev–Trinajstić information content (AvgIpc) is 3.52. The van der Waals surface area contributed by atoms with Crippen molar-refractivity contribution in [3.63, 3.8) is 0 Å². The van der Waals surface area contributed by atoms with Crippen LogP contribution in [0.1, 0.15) is 425 Å². The number of amides is 1. The van der Waals surface area contributed by atoms with Crippen LogP contribution in [-0.2, 0) is 14.3 Å². The largest absolute Gasteiger partial charge is 0.466 e. The first-order chi connectivity index (χ1) is 41.5. The summed E-state index contributed by atoms with van der Waals surface area (Å²) in [5, 5.41) is 23.3.